The Kier molecular flexibility index (Phi) is 3.21. The molecule has 17 heavy (non-hydrogen) atoms. The highest BCUT2D eigenvalue weighted by Crippen LogP contribution is 2.32. The summed E-state index contributed by atoms with van der Waals surface area (Å²) in [6.07, 6.45) is 5.11. The second-order valence-corrected chi connectivity index (χ2v) is 5.87. The normalized spacial score (nSPS) is 16.5. The molecule has 3 rings (SSSR count). The number of benzene rings is 1. The second-order valence-electron chi connectivity index (χ2n) is 4.65. The van der Waals surface area contributed by atoms with Gasteiger partial charge < -0.3 is 0 Å². The highest BCUT2D eigenvalue weighted by Gasteiger charge is 2.15. The molecular formula is C15H15ClS. The molecule has 0 saturated carbocycles. The Morgan fingerprint density at radius 3 is 2.59 bits per heavy atom. The summed E-state index contributed by atoms with van der Waals surface area (Å²) in [4.78, 5) is 0. The van der Waals surface area contributed by atoms with Crippen molar-refractivity contribution in [1.82, 2.24) is 0 Å². The third kappa shape index (κ3) is 2.27. The summed E-state index contributed by atoms with van der Waals surface area (Å²) in [6, 6.07) is 8.89. The smallest absolute Gasteiger partial charge is 0.0843 e. The summed E-state index contributed by atoms with van der Waals surface area (Å²) in [5.74, 6) is 0. The van der Waals surface area contributed by atoms with Gasteiger partial charge in [0.1, 0.15) is 0 Å². The summed E-state index contributed by atoms with van der Waals surface area (Å²) in [5.41, 5.74) is 5.49. The van der Waals surface area contributed by atoms with E-state index in [1.54, 1.807) is 11.3 Å². The molecule has 1 aliphatic rings. The highest BCUT2D eigenvalue weighted by molar-refractivity contribution is 7.08. The molecular weight excluding hydrogens is 248 g/mol. The fourth-order valence-corrected chi connectivity index (χ4v) is 3.55. The van der Waals surface area contributed by atoms with Crippen molar-refractivity contribution in [2.75, 3.05) is 0 Å². The summed E-state index contributed by atoms with van der Waals surface area (Å²) in [6.45, 7) is 0. The van der Waals surface area contributed by atoms with Crippen molar-refractivity contribution in [3.63, 3.8) is 0 Å². The van der Waals surface area contributed by atoms with E-state index in [0.717, 1.165) is 0 Å². The molecule has 0 bridgehead atoms. The lowest BCUT2D eigenvalue weighted by molar-refractivity contribution is 0.684. The fraction of sp³-hybridized carbons (Fsp3) is 0.333. The van der Waals surface area contributed by atoms with E-state index in [2.05, 4.69) is 35.0 Å². The Labute approximate surface area is 111 Å². The molecule has 2 heteroatoms. The van der Waals surface area contributed by atoms with E-state index >= 15 is 0 Å². The van der Waals surface area contributed by atoms with Crippen LogP contribution in [0.5, 0.6) is 0 Å². The van der Waals surface area contributed by atoms with Gasteiger partial charge in [0.15, 0.2) is 0 Å². The number of halogens is 1. The van der Waals surface area contributed by atoms with E-state index in [4.69, 9.17) is 11.6 Å². The van der Waals surface area contributed by atoms with Gasteiger partial charge in [-0.25, -0.2) is 0 Å². The predicted octanol–water partition coefficient (Wildman–Crippen LogP) is 4.96. The number of alkyl halides is 1. The first-order valence-electron chi connectivity index (χ1n) is 6.12. The number of rotatable bonds is 2. The topological polar surface area (TPSA) is 0 Å². The Morgan fingerprint density at radius 2 is 1.82 bits per heavy atom. The third-order valence-corrected chi connectivity index (χ3v) is 4.71. The number of hydrogen-bond donors (Lipinski definition) is 0. The molecule has 0 aliphatic heterocycles. The molecule has 88 valence electrons. The molecule has 2 aromatic rings. The van der Waals surface area contributed by atoms with E-state index < -0.39 is 0 Å². The molecule has 0 fully saturated rings. The van der Waals surface area contributed by atoms with Crippen molar-refractivity contribution in [3.8, 4) is 0 Å². The van der Waals surface area contributed by atoms with Gasteiger partial charge in [0.25, 0.3) is 0 Å². The maximum Gasteiger partial charge on any atom is 0.0843 e. The monoisotopic (exact) mass is 262 g/mol. The van der Waals surface area contributed by atoms with Crippen LogP contribution in [0.2, 0.25) is 0 Å². The number of aryl methyl sites for hydroxylation is 2. The molecule has 1 unspecified atom stereocenters. The average Bonchev–Trinajstić information content (AvgIpc) is 2.91. The Balaban J connectivity index is 1.93. The average molecular weight is 263 g/mol. The van der Waals surface area contributed by atoms with Crippen LogP contribution < -0.4 is 0 Å². The zero-order valence-corrected chi connectivity index (χ0v) is 11.2. The minimum absolute atomic E-state index is 0.00785. The van der Waals surface area contributed by atoms with Crippen LogP contribution in [0.3, 0.4) is 0 Å². The zero-order chi connectivity index (χ0) is 11.7. The van der Waals surface area contributed by atoms with E-state index in [-0.39, 0.29) is 5.38 Å². The lowest BCUT2D eigenvalue weighted by atomic mass is 9.89. The van der Waals surface area contributed by atoms with Crippen molar-refractivity contribution in [2.45, 2.75) is 31.1 Å². The lowest BCUT2D eigenvalue weighted by Gasteiger charge is -2.18. The first kappa shape index (κ1) is 11.3. The van der Waals surface area contributed by atoms with Crippen LogP contribution >= 0.6 is 22.9 Å². The molecule has 0 N–H and O–H groups in total. The SMILES string of the molecule is ClC(c1ccsc1)c1ccc2c(c1)CCCC2. The summed E-state index contributed by atoms with van der Waals surface area (Å²) in [5, 5.41) is 4.23. The minimum atomic E-state index is 0.00785. The van der Waals surface area contributed by atoms with Crippen LogP contribution in [0.25, 0.3) is 0 Å². The molecule has 1 aliphatic carbocycles. The fourth-order valence-electron chi connectivity index (χ4n) is 2.52. The van der Waals surface area contributed by atoms with Gasteiger partial charge in [0.05, 0.1) is 5.38 Å². The van der Waals surface area contributed by atoms with E-state index in [9.17, 15) is 0 Å². The number of hydrogen-bond acceptors (Lipinski definition) is 1. The molecule has 1 atom stereocenters. The van der Waals surface area contributed by atoms with Crippen molar-refractivity contribution >= 4 is 22.9 Å². The van der Waals surface area contributed by atoms with Crippen molar-refractivity contribution in [3.05, 3.63) is 57.3 Å². The van der Waals surface area contributed by atoms with E-state index in [0.29, 0.717) is 0 Å². The summed E-state index contributed by atoms with van der Waals surface area (Å²) < 4.78 is 0. The molecule has 0 amide bonds. The second kappa shape index (κ2) is 4.83. The molecule has 1 aromatic heterocycles. The van der Waals surface area contributed by atoms with Gasteiger partial charge in [-0.3, -0.25) is 0 Å². The first-order valence-corrected chi connectivity index (χ1v) is 7.50. The zero-order valence-electron chi connectivity index (χ0n) is 9.66. The van der Waals surface area contributed by atoms with Gasteiger partial charge in [-0.2, -0.15) is 11.3 Å². The minimum Gasteiger partial charge on any atom is -0.152 e. The summed E-state index contributed by atoms with van der Waals surface area (Å²) in [7, 11) is 0. The maximum atomic E-state index is 6.52. The van der Waals surface area contributed by atoms with E-state index in [1.165, 1.54) is 47.9 Å². The molecule has 0 saturated heterocycles. The maximum absolute atomic E-state index is 6.52. The number of fused-ring (bicyclic) bond motifs is 1. The van der Waals surface area contributed by atoms with Crippen LogP contribution in [0.15, 0.2) is 35.0 Å². The highest BCUT2D eigenvalue weighted by atomic mass is 35.5. The van der Waals surface area contributed by atoms with Crippen molar-refractivity contribution in [1.29, 1.82) is 0 Å². The molecule has 0 spiro atoms. The van der Waals surface area contributed by atoms with Crippen LogP contribution in [-0.2, 0) is 12.8 Å². The van der Waals surface area contributed by atoms with Gasteiger partial charge in [0.2, 0.25) is 0 Å². The van der Waals surface area contributed by atoms with Gasteiger partial charge >= 0.3 is 0 Å². The first-order chi connectivity index (χ1) is 8.34. The number of thiophene rings is 1. The van der Waals surface area contributed by atoms with Gasteiger partial charge in [-0.15, -0.1) is 11.6 Å². The third-order valence-electron chi connectivity index (χ3n) is 3.50. The van der Waals surface area contributed by atoms with Gasteiger partial charge in [-0.05, 0) is 64.8 Å². The Morgan fingerprint density at radius 1 is 1.00 bits per heavy atom. The molecule has 0 radical (unpaired) electrons. The Bertz CT molecular complexity index is 502. The van der Waals surface area contributed by atoms with Crippen LogP contribution in [0.4, 0.5) is 0 Å². The van der Waals surface area contributed by atoms with Crippen LogP contribution in [-0.4, -0.2) is 0 Å². The molecule has 1 heterocycles. The van der Waals surface area contributed by atoms with E-state index in [1.807, 2.05) is 0 Å². The van der Waals surface area contributed by atoms with Gasteiger partial charge in [0, 0.05) is 0 Å². The Hall–Kier alpha value is -0.790. The molecule has 0 nitrogen and oxygen atoms in total. The largest absolute Gasteiger partial charge is 0.152 e. The quantitative estimate of drug-likeness (QED) is 0.672. The van der Waals surface area contributed by atoms with Gasteiger partial charge in [-0.1, -0.05) is 18.2 Å². The summed E-state index contributed by atoms with van der Waals surface area (Å²) >= 11 is 8.23. The van der Waals surface area contributed by atoms with Crippen LogP contribution in [0, 0.1) is 0 Å². The lowest BCUT2D eigenvalue weighted by Crippen LogP contribution is -2.04. The standard InChI is InChI=1S/C15H15ClS/c16-15(14-7-8-17-10-14)13-6-5-11-3-1-2-4-12(11)9-13/h5-10,15H,1-4H2. The van der Waals surface area contributed by atoms with Crippen molar-refractivity contribution in [2.24, 2.45) is 0 Å². The van der Waals surface area contributed by atoms with Crippen LogP contribution in [0.1, 0.15) is 40.5 Å². The molecule has 1 aromatic carbocycles. The predicted molar refractivity (Wildman–Crippen MR) is 75.1 cm³/mol. The van der Waals surface area contributed by atoms with Crippen molar-refractivity contribution < 1.29 is 0 Å².